The van der Waals surface area contributed by atoms with Gasteiger partial charge in [-0.15, -0.1) is 0 Å². The Morgan fingerprint density at radius 1 is 1.29 bits per heavy atom. The van der Waals surface area contributed by atoms with E-state index in [0.29, 0.717) is 0 Å². The van der Waals surface area contributed by atoms with Crippen LogP contribution in [-0.4, -0.2) is 9.38 Å². The fraction of sp³-hybridized carbons (Fsp3) is 0. The standard InChI is InChI=1S/C10H6N2OS/c13-9-1-3-11-10-8-6-14-5-7(8)2-4-12(9)10/h1-6H. The second kappa shape index (κ2) is 2.65. The highest BCUT2D eigenvalue weighted by molar-refractivity contribution is 7.09. The molecule has 0 unspecified atom stereocenters. The normalized spacial score (nSPS) is 11.1. The van der Waals surface area contributed by atoms with E-state index in [0.717, 1.165) is 16.4 Å². The molecule has 0 amide bonds. The Kier molecular flexibility index (Phi) is 1.46. The highest BCUT2D eigenvalue weighted by Crippen LogP contribution is 2.21. The highest BCUT2D eigenvalue weighted by Gasteiger charge is 2.02. The zero-order chi connectivity index (χ0) is 9.54. The van der Waals surface area contributed by atoms with Crippen molar-refractivity contribution >= 4 is 27.8 Å². The first-order chi connectivity index (χ1) is 6.86. The maximum Gasteiger partial charge on any atom is 0.257 e. The van der Waals surface area contributed by atoms with Gasteiger partial charge < -0.3 is 0 Å². The Bertz CT molecular complexity index is 668. The summed E-state index contributed by atoms with van der Waals surface area (Å²) in [6.07, 6.45) is 3.31. The van der Waals surface area contributed by atoms with E-state index in [9.17, 15) is 4.79 Å². The number of pyridine rings is 1. The molecule has 3 rings (SSSR count). The lowest BCUT2D eigenvalue weighted by atomic mass is 10.3. The first-order valence-electron chi connectivity index (χ1n) is 4.18. The molecule has 0 saturated heterocycles. The number of nitrogens with zero attached hydrogens (tertiary/aromatic N) is 2. The fourth-order valence-electron chi connectivity index (χ4n) is 1.53. The van der Waals surface area contributed by atoms with E-state index in [2.05, 4.69) is 10.4 Å². The smallest absolute Gasteiger partial charge is 0.257 e. The quantitative estimate of drug-likeness (QED) is 0.558. The van der Waals surface area contributed by atoms with Crippen LogP contribution in [0.2, 0.25) is 0 Å². The van der Waals surface area contributed by atoms with Crippen LogP contribution in [0.15, 0.2) is 40.1 Å². The Morgan fingerprint density at radius 3 is 3.14 bits per heavy atom. The molecule has 0 aromatic carbocycles. The molecule has 0 bridgehead atoms. The van der Waals surface area contributed by atoms with Crippen molar-refractivity contribution in [1.82, 2.24) is 9.38 Å². The summed E-state index contributed by atoms with van der Waals surface area (Å²) in [4.78, 5) is 15.7. The molecule has 0 aliphatic carbocycles. The second-order valence-electron chi connectivity index (χ2n) is 3.03. The number of hydrogen-bond donors (Lipinski definition) is 0. The molecule has 0 aliphatic heterocycles. The lowest BCUT2D eigenvalue weighted by Gasteiger charge is -1.99. The Balaban J connectivity index is 2.71. The van der Waals surface area contributed by atoms with Gasteiger partial charge in [0.15, 0.2) is 0 Å². The molecule has 3 aromatic rings. The average molecular weight is 202 g/mol. The van der Waals surface area contributed by atoms with Gasteiger partial charge in [-0.2, -0.15) is 11.3 Å². The predicted octanol–water partition coefficient (Wildman–Crippen LogP) is 1.91. The van der Waals surface area contributed by atoms with E-state index in [1.165, 1.54) is 6.07 Å². The van der Waals surface area contributed by atoms with E-state index in [1.54, 1.807) is 28.1 Å². The van der Waals surface area contributed by atoms with Crippen LogP contribution in [0.5, 0.6) is 0 Å². The summed E-state index contributed by atoms with van der Waals surface area (Å²) in [7, 11) is 0. The van der Waals surface area contributed by atoms with Crippen molar-refractivity contribution in [2.24, 2.45) is 0 Å². The van der Waals surface area contributed by atoms with Gasteiger partial charge in [0.1, 0.15) is 5.65 Å². The van der Waals surface area contributed by atoms with Crippen LogP contribution in [0, 0.1) is 0 Å². The third-order valence-electron chi connectivity index (χ3n) is 2.22. The molecule has 0 spiro atoms. The van der Waals surface area contributed by atoms with Gasteiger partial charge >= 0.3 is 0 Å². The second-order valence-corrected chi connectivity index (χ2v) is 3.78. The van der Waals surface area contributed by atoms with Crippen LogP contribution in [0.25, 0.3) is 16.4 Å². The fourth-order valence-corrected chi connectivity index (χ4v) is 2.33. The first kappa shape index (κ1) is 7.70. The van der Waals surface area contributed by atoms with Gasteiger partial charge in [0.2, 0.25) is 0 Å². The zero-order valence-corrected chi connectivity index (χ0v) is 7.99. The molecule has 3 nitrogen and oxygen atoms in total. The number of aromatic nitrogens is 2. The molecule has 14 heavy (non-hydrogen) atoms. The van der Waals surface area contributed by atoms with Crippen molar-refractivity contribution in [2.45, 2.75) is 0 Å². The number of hydrogen-bond acceptors (Lipinski definition) is 3. The Hall–Kier alpha value is -1.68. The van der Waals surface area contributed by atoms with E-state index in [-0.39, 0.29) is 5.56 Å². The minimum absolute atomic E-state index is 0.0388. The zero-order valence-electron chi connectivity index (χ0n) is 7.18. The molecule has 0 fully saturated rings. The van der Waals surface area contributed by atoms with Crippen LogP contribution >= 0.6 is 11.3 Å². The summed E-state index contributed by atoms with van der Waals surface area (Å²) >= 11 is 1.62. The molecule has 3 aromatic heterocycles. The molecule has 4 heteroatoms. The summed E-state index contributed by atoms with van der Waals surface area (Å²) in [5.74, 6) is 0. The molecule has 0 N–H and O–H groups in total. The molecular formula is C10H6N2OS. The van der Waals surface area contributed by atoms with E-state index >= 15 is 0 Å². The van der Waals surface area contributed by atoms with Crippen LogP contribution < -0.4 is 5.56 Å². The minimum Gasteiger partial charge on any atom is -0.269 e. The number of thiophene rings is 1. The molecule has 0 radical (unpaired) electrons. The lowest BCUT2D eigenvalue weighted by Crippen LogP contribution is -2.12. The van der Waals surface area contributed by atoms with Gasteiger partial charge in [-0.05, 0) is 16.8 Å². The molecule has 0 saturated carbocycles. The third-order valence-corrected chi connectivity index (χ3v) is 2.98. The van der Waals surface area contributed by atoms with Crippen LogP contribution in [0.3, 0.4) is 0 Å². The van der Waals surface area contributed by atoms with Crippen molar-refractivity contribution in [2.75, 3.05) is 0 Å². The van der Waals surface area contributed by atoms with Crippen molar-refractivity contribution in [3.05, 3.63) is 45.6 Å². The molecule has 0 aliphatic rings. The summed E-state index contributed by atoms with van der Waals surface area (Å²) in [5.41, 5.74) is 0.694. The summed E-state index contributed by atoms with van der Waals surface area (Å²) in [5, 5.41) is 6.23. The molecular weight excluding hydrogens is 196 g/mol. The van der Waals surface area contributed by atoms with Crippen LogP contribution in [0.4, 0.5) is 0 Å². The van der Waals surface area contributed by atoms with E-state index in [4.69, 9.17) is 0 Å². The van der Waals surface area contributed by atoms with Crippen LogP contribution in [0.1, 0.15) is 0 Å². The first-order valence-corrected chi connectivity index (χ1v) is 5.13. The van der Waals surface area contributed by atoms with E-state index < -0.39 is 0 Å². The third kappa shape index (κ3) is 0.914. The summed E-state index contributed by atoms with van der Waals surface area (Å²) < 4.78 is 1.56. The van der Waals surface area contributed by atoms with Crippen LogP contribution in [-0.2, 0) is 0 Å². The van der Waals surface area contributed by atoms with Gasteiger partial charge in [-0.25, -0.2) is 4.98 Å². The Labute approximate surface area is 83.3 Å². The molecule has 68 valence electrons. The highest BCUT2D eigenvalue weighted by atomic mass is 32.1. The maximum absolute atomic E-state index is 11.5. The van der Waals surface area contributed by atoms with Gasteiger partial charge in [0, 0.05) is 29.2 Å². The number of fused-ring (bicyclic) bond motifs is 3. The van der Waals surface area contributed by atoms with Gasteiger partial charge in [-0.3, -0.25) is 9.20 Å². The van der Waals surface area contributed by atoms with E-state index in [1.807, 2.05) is 11.4 Å². The van der Waals surface area contributed by atoms with Crippen molar-refractivity contribution in [3.63, 3.8) is 0 Å². The summed E-state index contributed by atoms with van der Waals surface area (Å²) in [6, 6.07) is 3.40. The summed E-state index contributed by atoms with van der Waals surface area (Å²) in [6.45, 7) is 0. The monoisotopic (exact) mass is 202 g/mol. The van der Waals surface area contributed by atoms with Gasteiger partial charge in [0.05, 0.1) is 0 Å². The number of rotatable bonds is 0. The van der Waals surface area contributed by atoms with Crippen molar-refractivity contribution in [1.29, 1.82) is 0 Å². The van der Waals surface area contributed by atoms with Gasteiger partial charge in [0.25, 0.3) is 5.56 Å². The predicted molar refractivity (Wildman–Crippen MR) is 56.8 cm³/mol. The largest absolute Gasteiger partial charge is 0.269 e. The molecule has 0 atom stereocenters. The lowest BCUT2D eigenvalue weighted by molar-refractivity contribution is 1.06. The van der Waals surface area contributed by atoms with Crippen molar-refractivity contribution in [3.8, 4) is 0 Å². The maximum atomic E-state index is 11.5. The van der Waals surface area contributed by atoms with Crippen molar-refractivity contribution < 1.29 is 0 Å². The Morgan fingerprint density at radius 2 is 2.21 bits per heavy atom. The molecule has 3 heterocycles. The topological polar surface area (TPSA) is 34.4 Å². The van der Waals surface area contributed by atoms with Gasteiger partial charge in [-0.1, -0.05) is 0 Å². The average Bonchev–Trinajstić information content (AvgIpc) is 2.66. The minimum atomic E-state index is -0.0388. The SMILES string of the molecule is O=c1ccnc2c3cscc3ccn12.